The zero-order valence-corrected chi connectivity index (χ0v) is 7.59. The van der Waals surface area contributed by atoms with Crippen LogP contribution in [0.5, 0.6) is 0 Å². The highest BCUT2D eigenvalue weighted by Crippen LogP contribution is 2.17. The van der Waals surface area contributed by atoms with Crippen molar-refractivity contribution >= 4 is 0 Å². The van der Waals surface area contributed by atoms with Crippen molar-refractivity contribution in [2.75, 3.05) is 0 Å². The van der Waals surface area contributed by atoms with Crippen molar-refractivity contribution in [2.45, 2.75) is 25.3 Å². The SMILES string of the molecule is C(#Cc1ccccc1)NC1CCC1. The van der Waals surface area contributed by atoms with Crippen LogP contribution in [0.25, 0.3) is 0 Å². The summed E-state index contributed by atoms with van der Waals surface area (Å²) in [5, 5.41) is 3.21. The molecule has 0 unspecified atom stereocenters. The van der Waals surface area contributed by atoms with E-state index in [1.165, 1.54) is 19.3 Å². The van der Waals surface area contributed by atoms with Gasteiger partial charge in [0, 0.05) is 17.6 Å². The van der Waals surface area contributed by atoms with E-state index in [0.29, 0.717) is 6.04 Å². The van der Waals surface area contributed by atoms with Gasteiger partial charge in [0.1, 0.15) is 0 Å². The molecule has 2 rings (SSSR count). The Kier molecular flexibility index (Phi) is 2.52. The topological polar surface area (TPSA) is 12.0 Å². The molecule has 0 radical (unpaired) electrons. The molecule has 1 fully saturated rings. The van der Waals surface area contributed by atoms with Gasteiger partial charge in [-0.2, -0.15) is 0 Å². The largest absolute Gasteiger partial charge is 0.343 e. The average molecular weight is 171 g/mol. The van der Waals surface area contributed by atoms with Gasteiger partial charge in [0.15, 0.2) is 0 Å². The quantitative estimate of drug-likeness (QED) is 0.504. The molecule has 1 heteroatoms. The summed E-state index contributed by atoms with van der Waals surface area (Å²) in [5.41, 5.74) is 1.08. The van der Waals surface area contributed by atoms with Crippen LogP contribution < -0.4 is 5.32 Å². The van der Waals surface area contributed by atoms with Crippen molar-refractivity contribution in [2.24, 2.45) is 0 Å². The van der Waals surface area contributed by atoms with Crippen molar-refractivity contribution < 1.29 is 0 Å². The van der Waals surface area contributed by atoms with E-state index in [9.17, 15) is 0 Å². The second kappa shape index (κ2) is 4.00. The molecule has 0 spiro atoms. The summed E-state index contributed by atoms with van der Waals surface area (Å²) in [6.07, 6.45) is 3.91. The number of rotatable bonds is 1. The van der Waals surface area contributed by atoms with Crippen LogP contribution in [0.2, 0.25) is 0 Å². The number of benzene rings is 1. The first-order chi connectivity index (χ1) is 6.45. The minimum atomic E-state index is 0.649. The van der Waals surface area contributed by atoms with E-state index in [4.69, 9.17) is 0 Å². The molecule has 66 valence electrons. The van der Waals surface area contributed by atoms with Crippen LogP contribution in [-0.4, -0.2) is 6.04 Å². The molecule has 0 aliphatic heterocycles. The maximum absolute atomic E-state index is 3.21. The Morgan fingerprint density at radius 2 is 1.92 bits per heavy atom. The Balaban J connectivity index is 1.89. The van der Waals surface area contributed by atoms with Crippen LogP contribution in [-0.2, 0) is 0 Å². The van der Waals surface area contributed by atoms with E-state index in [1.54, 1.807) is 0 Å². The summed E-state index contributed by atoms with van der Waals surface area (Å²) in [6.45, 7) is 0. The van der Waals surface area contributed by atoms with Gasteiger partial charge in [-0.3, -0.25) is 0 Å². The van der Waals surface area contributed by atoms with Crippen molar-refractivity contribution in [3.63, 3.8) is 0 Å². The molecule has 1 saturated carbocycles. The first kappa shape index (κ1) is 8.19. The first-order valence-corrected chi connectivity index (χ1v) is 4.77. The molecule has 1 aliphatic carbocycles. The van der Waals surface area contributed by atoms with Gasteiger partial charge in [-0.05, 0) is 37.3 Å². The summed E-state index contributed by atoms with van der Waals surface area (Å²) in [5.74, 6) is 3.08. The smallest absolute Gasteiger partial charge is 0.0340 e. The van der Waals surface area contributed by atoms with Gasteiger partial charge in [-0.25, -0.2) is 0 Å². The molecular formula is C12H13N. The summed E-state index contributed by atoms with van der Waals surface area (Å²) in [7, 11) is 0. The molecule has 0 heterocycles. The minimum Gasteiger partial charge on any atom is -0.343 e. The lowest BCUT2D eigenvalue weighted by atomic mass is 9.93. The van der Waals surface area contributed by atoms with Gasteiger partial charge in [-0.1, -0.05) is 18.2 Å². The van der Waals surface area contributed by atoms with E-state index in [1.807, 2.05) is 30.3 Å². The molecule has 0 bridgehead atoms. The van der Waals surface area contributed by atoms with Crippen molar-refractivity contribution in [1.29, 1.82) is 0 Å². The predicted octanol–water partition coefficient (Wildman–Crippen LogP) is 2.14. The lowest BCUT2D eigenvalue weighted by Gasteiger charge is -2.23. The zero-order chi connectivity index (χ0) is 8.93. The third-order valence-electron chi connectivity index (χ3n) is 2.36. The van der Waals surface area contributed by atoms with E-state index in [-0.39, 0.29) is 0 Å². The lowest BCUT2D eigenvalue weighted by Crippen LogP contribution is -2.31. The Labute approximate surface area is 79.2 Å². The second-order valence-electron chi connectivity index (χ2n) is 3.39. The molecule has 0 aromatic heterocycles. The lowest BCUT2D eigenvalue weighted by molar-refractivity contribution is 0.378. The summed E-state index contributed by atoms with van der Waals surface area (Å²) >= 11 is 0. The van der Waals surface area contributed by atoms with Crippen molar-refractivity contribution in [3.05, 3.63) is 35.9 Å². The standard InChI is InChI=1S/C12H13N/c1-2-5-11(6-3-1)9-10-13-12-7-4-8-12/h1-3,5-6,12-13H,4,7-8H2. The van der Waals surface area contributed by atoms with Gasteiger partial charge in [0.05, 0.1) is 0 Å². The van der Waals surface area contributed by atoms with E-state index in [2.05, 4.69) is 17.3 Å². The second-order valence-corrected chi connectivity index (χ2v) is 3.39. The highest BCUT2D eigenvalue weighted by Gasteiger charge is 2.14. The van der Waals surface area contributed by atoms with Crippen LogP contribution in [0.15, 0.2) is 30.3 Å². The predicted molar refractivity (Wildman–Crippen MR) is 54.1 cm³/mol. The van der Waals surface area contributed by atoms with Crippen LogP contribution in [0, 0.1) is 12.0 Å². The van der Waals surface area contributed by atoms with Gasteiger partial charge in [0.2, 0.25) is 0 Å². The fraction of sp³-hybridized carbons (Fsp3) is 0.333. The highest BCUT2D eigenvalue weighted by atomic mass is 14.9. The van der Waals surface area contributed by atoms with Crippen molar-refractivity contribution in [1.82, 2.24) is 5.32 Å². The number of hydrogen-bond donors (Lipinski definition) is 1. The fourth-order valence-corrected chi connectivity index (χ4v) is 1.28. The molecule has 13 heavy (non-hydrogen) atoms. The van der Waals surface area contributed by atoms with Gasteiger partial charge >= 0.3 is 0 Å². The van der Waals surface area contributed by atoms with Gasteiger partial charge in [-0.15, -0.1) is 0 Å². The van der Waals surface area contributed by atoms with Gasteiger partial charge in [0.25, 0.3) is 0 Å². The molecule has 1 aromatic rings. The Morgan fingerprint density at radius 1 is 1.15 bits per heavy atom. The third-order valence-corrected chi connectivity index (χ3v) is 2.36. The van der Waals surface area contributed by atoms with E-state index >= 15 is 0 Å². The molecule has 0 saturated heterocycles. The third kappa shape index (κ3) is 2.26. The van der Waals surface area contributed by atoms with Crippen LogP contribution >= 0.6 is 0 Å². The maximum Gasteiger partial charge on any atom is 0.0340 e. The molecule has 1 nitrogen and oxygen atoms in total. The summed E-state index contributed by atoms with van der Waals surface area (Å²) in [4.78, 5) is 0. The Hall–Kier alpha value is -1.42. The average Bonchev–Trinajstić information content (AvgIpc) is 2.11. The molecule has 1 N–H and O–H groups in total. The van der Waals surface area contributed by atoms with E-state index < -0.39 is 0 Å². The zero-order valence-electron chi connectivity index (χ0n) is 7.59. The molecular weight excluding hydrogens is 158 g/mol. The minimum absolute atomic E-state index is 0.649. The van der Waals surface area contributed by atoms with Gasteiger partial charge < -0.3 is 5.32 Å². The van der Waals surface area contributed by atoms with Crippen LogP contribution in [0.1, 0.15) is 24.8 Å². The number of hydrogen-bond acceptors (Lipinski definition) is 1. The maximum atomic E-state index is 3.21. The number of nitrogens with one attached hydrogen (secondary N) is 1. The fourth-order valence-electron chi connectivity index (χ4n) is 1.28. The molecule has 1 aliphatic rings. The Morgan fingerprint density at radius 3 is 2.54 bits per heavy atom. The van der Waals surface area contributed by atoms with Crippen LogP contribution in [0.4, 0.5) is 0 Å². The van der Waals surface area contributed by atoms with Crippen LogP contribution in [0.3, 0.4) is 0 Å². The summed E-state index contributed by atoms with van der Waals surface area (Å²) in [6, 6.07) is 13.7. The normalized spacial score (nSPS) is 15.4. The Bertz CT molecular complexity index is 314. The molecule has 0 atom stereocenters. The molecule has 0 amide bonds. The monoisotopic (exact) mass is 171 g/mol. The molecule has 1 aromatic carbocycles. The summed E-state index contributed by atoms with van der Waals surface area (Å²) < 4.78 is 0. The highest BCUT2D eigenvalue weighted by molar-refractivity contribution is 5.33. The van der Waals surface area contributed by atoms with Crippen molar-refractivity contribution in [3.8, 4) is 12.0 Å². The van der Waals surface area contributed by atoms with E-state index in [0.717, 1.165) is 5.56 Å². The first-order valence-electron chi connectivity index (χ1n) is 4.77.